The van der Waals surface area contributed by atoms with Gasteiger partial charge in [0.15, 0.2) is 0 Å². The molecule has 0 unspecified atom stereocenters. The topological polar surface area (TPSA) is 54.5 Å². The molecule has 130 valence electrons. The Morgan fingerprint density at radius 1 is 1.46 bits per heavy atom. The molecule has 0 radical (unpaired) electrons. The van der Waals surface area contributed by atoms with Crippen LogP contribution >= 0.6 is 11.3 Å². The number of carbonyl (C=O) groups is 1. The summed E-state index contributed by atoms with van der Waals surface area (Å²) in [7, 11) is 0. The molecule has 1 N–H and O–H groups in total. The van der Waals surface area contributed by atoms with Crippen molar-refractivity contribution in [1.29, 1.82) is 0 Å². The van der Waals surface area contributed by atoms with Crippen LogP contribution in [0.5, 0.6) is 0 Å². The molecule has 1 saturated heterocycles. The minimum absolute atomic E-state index is 0.0731. The second-order valence-corrected chi connectivity index (χ2v) is 7.71. The van der Waals surface area contributed by atoms with Gasteiger partial charge >= 0.3 is 0 Å². The average Bonchev–Trinajstić information content (AvgIpc) is 3.00. The molecule has 2 heterocycles. The quantitative estimate of drug-likeness (QED) is 0.903. The fourth-order valence-electron chi connectivity index (χ4n) is 2.89. The van der Waals surface area contributed by atoms with Gasteiger partial charge in [-0.3, -0.25) is 9.69 Å². The molecule has 1 amide bonds. The molecule has 0 saturated carbocycles. The predicted octanol–water partition coefficient (Wildman–Crippen LogP) is 2.63. The standard InChI is InChI=1S/C18H25N3O2S/c1-12(18-20-15-6-4-5-7-16(15)24-18)8-19-17(22)10-21-9-14(3)23-11-13(21)2/h4-7,12-14H,8-11H2,1-3H3,(H,19,22)/t12-,13+,14-/m1/s1. The maximum Gasteiger partial charge on any atom is 0.234 e. The molecule has 1 aromatic heterocycles. The molecule has 3 rings (SSSR count). The Morgan fingerprint density at radius 2 is 2.25 bits per heavy atom. The van der Waals surface area contributed by atoms with Crippen LogP contribution in [0.25, 0.3) is 10.2 Å². The number of hydrogen-bond acceptors (Lipinski definition) is 5. The third-order valence-electron chi connectivity index (χ3n) is 4.42. The Labute approximate surface area is 147 Å². The molecular weight excluding hydrogens is 322 g/mol. The van der Waals surface area contributed by atoms with Crippen LogP contribution in [-0.4, -0.2) is 54.2 Å². The maximum atomic E-state index is 12.3. The lowest BCUT2D eigenvalue weighted by atomic mass is 10.2. The SMILES string of the molecule is C[C@@H]1CN(CC(=O)NC[C@@H](C)c2nc3ccccc3s2)[C@@H](C)CO1. The molecule has 0 spiro atoms. The van der Waals surface area contributed by atoms with Crippen LogP contribution in [0.1, 0.15) is 31.7 Å². The number of ether oxygens (including phenoxy) is 1. The van der Waals surface area contributed by atoms with Crippen molar-refractivity contribution in [2.24, 2.45) is 0 Å². The lowest BCUT2D eigenvalue weighted by molar-refractivity contribution is -0.125. The highest BCUT2D eigenvalue weighted by Gasteiger charge is 2.25. The zero-order chi connectivity index (χ0) is 17.1. The summed E-state index contributed by atoms with van der Waals surface area (Å²) in [5, 5.41) is 4.13. The summed E-state index contributed by atoms with van der Waals surface area (Å²) in [6, 6.07) is 8.43. The highest BCUT2D eigenvalue weighted by molar-refractivity contribution is 7.18. The Morgan fingerprint density at radius 3 is 3.04 bits per heavy atom. The first-order chi connectivity index (χ1) is 11.5. The van der Waals surface area contributed by atoms with E-state index in [9.17, 15) is 4.79 Å². The number of fused-ring (bicyclic) bond motifs is 1. The van der Waals surface area contributed by atoms with E-state index in [4.69, 9.17) is 4.74 Å². The maximum absolute atomic E-state index is 12.3. The van der Waals surface area contributed by atoms with Crippen molar-refractivity contribution in [3.8, 4) is 0 Å². The van der Waals surface area contributed by atoms with Crippen LogP contribution in [0.15, 0.2) is 24.3 Å². The number of morpholine rings is 1. The summed E-state index contributed by atoms with van der Waals surface area (Å²) in [4.78, 5) is 19.1. The molecule has 1 aliphatic heterocycles. The van der Waals surface area contributed by atoms with Crippen LogP contribution in [0.4, 0.5) is 0 Å². The molecule has 6 heteroatoms. The summed E-state index contributed by atoms with van der Waals surface area (Å²) >= 11 is 1.70. The van der Waals surface area contributed by atoms with E-state index in [2.05, 4.69) is 35.1 Å². The predicted molar refractivity (Wildman–Crippen MR) is 97.5 cm³/mol. The first kappa shape index (κ1) is 17.3. The number of para-hydroxylation sites is 1. The normalized spacial score (nSPS) is 23.3. The molecule has 0 aliphatic carbocycles. The Balaban J connectivity index is 1.51. The van der Waals surface area contributed by atoms with E-state index < -0.39 is 0 Å². The first-order valence-electron chi connectivity index (χ1n) is 8.50. The van der Waals surface area contributed by atoms with Gasteiger partial charge in [0, 0.05) is 25.0 Å². The Hall–Kier alpha value is -1.50. The third-order valence-corrected chi connectivity index (χ3v) is 5.69. The van der Waals surface area contributed by atoms with Crippen molar-refractivity contribution in [3.05, 3.63) is 29.3 Å². The van der Waals surface area contributed by atoms with E-state index in [-0.39, 0.29) is 24.0 Å². The zero-order valence-corrected chi connectivity index (χ0v) is 15.3. The molecule has 1 fully saturated rings. The van der Waals surface area contributed by atoms with Crippen LogP contribution < -0.4 is 5.32 Å². The number of hydrogen-bond donors (Lipinski definition) is 1. The minimum atomic E-state index is 0.0731. The van der Waals surface area contributed by atoms with E-state index >= 15 is 0 Å². The van der Waals surface area contributed by atoms with Crippen LogP contribution in [-0.2, 0) is 9.53 Å². The molecule has 5 nitrogen and oxygen atoms in total. The van der Waals surface area contributed by atoms with E-state index in [1.54, 1.807) is 11.3 Å². The number of carbonyl (C=O) groups excluding carboxylic acids is 1. The van der Waals surface area contributed by atoms with Crippen molar-refractivity contribution in [1.82, 2.24) is 15.2 Å². The summed E-state index contributed by atoms with van der Waals surface area (Å²) in [6.07, 6.45) is 0.190. The monoisotopic (exact) mass is 347 g/mol. The van der Waals surface area contributed by atoms with Gasteiger partial charge in [0.2, 0.25) is 5.91 Å². The smallest absolute Gasteiger partial charge is 0.234 e. The molecule has 1 aliphatic rings. The van der Waals surface area contributed by atoms with Crippen LogP contribution in [0.3, 0.4) is 0 Å². The Kier molecular flexibility index (Phi) is 5.48. The van der Waals surface area contributed by atoms with E-state index in [1.807, 2.05) is 25.1 Å². The largest absolute Gasteiger partial charge is 0.376 e. The van der Waals surface area contributed by atoms with Crippen molar-refractivity contribution in [3.63, 3.8) is 0 Å². The van der Waals surface area contributed by atoms with E-state index in [1.165, 1.54) is 4.70 Å². The minimum Gasteiger partial charge on any atom is -0.376 e. The third kappa shape index (κ3) is 4.12. The van der Waals surface area contributed by atoms with Gasteiger partial charge in [0.05, 0.1) is 34.5 Å². The van der Waals surface area contributed by atoms with Crippen molar-refractivity contribution < 1.29 is 9.53 Å². The van der Waals surface area contributed by atoms with Gasteiger partial charge in [0.25, 0.3) is 0 Å². The molecule has 3 atom stereocenters. The molecule has 1 aromatic carbocycles. The highest BCUT2D eigenvalue weighted by atomic mass is 32.1. The van der Waals surface area contributed by atoms with Crippen molar-refractivity contribution in [2.45, 2.75) is 38.8 Å². The van der Waals surface area contributed by atoms with Crippen molar-refractivity contribution >= 4 is 27.5 Å². The fourth-order valence-corrected chi connectivity index (χ4v) is 3.91. The Bertz CT molecular complexity index is 669. The van der Waals surface area contributed by atoms with Crippen molar-refractivity contribution in [2.75, 3.05) is 26.2 Å². The van der Waals surface area contributed by atoms with Gasteiger partial charge < -0.3 is 10.1 Å². The average molecular weight is 347 g/mol. The molecular formula is C18H25N3O2S. The van der Waals surface area contributed by atoms with Gasteiger partial charge in [-0.15, -0.1) is 11.3 Å². The summed E-state index contributed by atoms with van der Waals surface area (Å²) in [6.45, 7) is 8.80. The number of nitrogens with one attached hydrogen (secondary N) is 1. The summed E-state index contributed by atoms with van der Waals surface area (Å²) < 4.78 is 6.80. The highest BCUT2D eigenvalue weighted by Crippen LogP contribution is 2.26. The number of rotatable bonds is 5. The molecule has 0 bridgehead atoms. The number of thiazole rings is 1. The fraction of sp³-hybridized carbons (Fsp3) is 0.556. The summed E-state index contributed by atoms with van der Waals surface area (Å²) in [5.74, 6) is 0.288. The van der Waals surface area contributed by atoms with E-state index in [0.717, 1.165) is 17.1 Å². The van der Waals surface area contributed by atoms with Gasteiger partial charge in [-0.05, 0) is 26.0 Å². The summed E-state index contributed by atoms with van der Waals surface area (Å²) in [5.41, 5.74) is 1.03. The van der Waals surface area contributed by atoms with Gasteiger partial charge in [-0.25, -0.2) is 4.98 Å². The number of benzene rings is 1. The lowest BCUT2D eigenvalue weighted by Gasteiger charge is -2.36. The molecule has 2 aromatic rings. The van der Waals surface area contributed by atoms with Gasteiger partial charge in [0.1, 0.15) is 0 Å². The van der Waals surface area contributed by atoms with Crippen LogP contribution in [0, 0.1) is 0 Å². The lowest BCUT2D eigenvalue weighted by Crippen LogP contribution is -2.51. The van der Waals surface area contributed by atoms with Gasteiger partial charge in [-0.1, -0.05) is 19.1 Å². The number of aromatic nitrogens is 1. The molecule has 24 heavy (non-hydrogen) atoms. The second-order valence-electron chi connectivity index (χ2n) is 6.65. The zero-order valence-electron chi connectivity index (χ0n) is 14.5. The first-order valence-corrected chi connectivity index (χ1v) is 9.32. The number of amides is 1. The van der Waals surface area contributed by atoms with E-state index in [0.29, 0.717) is 19.7 Å². The van der Waals surface area contributed by atoms with Crippen LogP contribution in [0.2, 0.25) is 0 Å². The second kappa shape index (κ2) is 7.59. The number of nitrogens with zero attached hydrogens (tertiary/aromatic N) is 2. The van der Waals surface area contributed by atoms with Gasteiger partial charge in [-0.2, -0.15) is 0 Å².